The zero-order valence-corrected chi connectivity index (χ0v) is 23.8. The number of ether oxygens (including phenoxy) is 2. The van der Waals surface area contributed by atoms with E-state index in [1.54, 1.807) is 31.4 Å². The first-order valence-corrected chi connectivity index (χ1v) is 13.9. The standard InChI is InChI=1S/C32H40N4O4/c1-22(2)21-33-31(37)27-19-25(34-32(38)35-28-12-11-26(39-3)20-30(28)40-4)10-13-29(27)36-16-14-24(15-17-36)18-23-8-6-5-7-9-23/h5-13,19-20,22,24H,14-18,21H2,1-4H3,(H,33,37)(H2,34,35,38). The van der Waals surface area contributed by atoms with E-state index in [2.05, 4.69) is 65.0 Å². The molecule has 0 spiro atoms. The van der Waals surface area contributed by atoms with Gasteiger partial charge in [0.15, 0.2) is 0 Å². The molecule has 1 fully saturated rings. The third-order valence-corrected chi connectivity index (χ3v) is 7.15. The second-order valence-corrected chi connectivity index (χ2v) is 10.6. The lowest BCUT2D eigenvalue weighted by atomic mass is 9.89. The molecule has 8 nitrogen and oxygen atoms in total. The summed E-state index contributed by atoms with van der Waals surface area (Å²) in [5.41, 5.74) is 3.85. The summed E-state index contributed by atoms with van der Waals surface area (Å²) in [4.78, 5) is 28.4. The van der Waals surface area contributed by atoms with Gasteiger partial charge in [-0.2, -0.15) is 0 Å². The van der Waals surface area contributed by atoms with E-state index in [1.165, 1.54) is 12.7 Å². The van der Waals surface area contributed by atoms with E-state index in [0.717, 1.165) is 38.0 Å². The van der Waals surface area contributed by atoms with Gasteiger partial charge in [0.25, 0.3) is 5.91 Å². The average molecular weight is 545 g/mol. The third-order valence-electron chi connectivity index (χ3n) is 7.15. The van der Waals surface area contributed by atoms with Crippen LogP contribution in [-0.2, 0) is 6.42 Å². The van der Waals surface area contributed by atoms with Crippen LogP contribution >= 0.6 is 0 Å². The predicted molar refractivity (Wildman–Crippen MR) is 161 cm³/mol. The zero-order valence-electron chi connectivity index (χ0n) is 23.8. The summed E-state index contributed by atoms with van der Waals surface area (Å²) in [6.45, 7) is 6.47. The molecule has 3 aromatic rings. The molecule has 1 saturated heterocycles. The van der Waals surface area contributed by atoms with Crippen LogP contribution in [0.4, 0.5) is 21.9 Å². The Morgan fingerprint density at radius 3 is 2.35 bits per heavy atom. The van der Waals surface area contributed by atoms with Crippen molar-refractivity contribution in [3.05, 3.63) is 77.9 Å². The van der Waals surface area contributed by atoms with Gasteiger partial charge in [-0.15, -0.1) is 0 Å². The maximum Gasteiger partial charge on any atom is 0.323 e. The van der Waals surface area contributed by atoms with Crippen LogP contribution in [0, 0.1) is 11.8 Å². The smallest absolute Gasteiger partial charge is 0.323 e. The van der Waals surface area contributed by atoms with Crippen LogP contribution in [0.3, 0.4) is 0 Å². The Balaban J connectivity index is 1.47. The highest BCUT2D eigenvalue weighted by atomic mass is 16.5. The van der Waals surface area contributed by atoms with Crippen molar-refractivity contribution >= 4 is 29.0 Å². The van der Waals surface area contributed by atoms with Gasteiger partial charge in [0, 0.05) is 37.1 Å². The zero-order chi connectivity index (χ0) is 28.5. The van der Waals surface area contributed by atoms with E-state index in [9.17, 15) is 9.59 Å². The molecule has 3 amide bonds. The molecule has 0 radical (unpaired) electrons. The first kappa shape index (κ1) is 28.8. The molecule has 0 atom stereocenters. The normalized spacial score (nSPS) is 13.6. The Morgan fingerprint density at radius 2 is 1.68 bits per heavy atom. The highest BCUT2D eigenvalue weighted by Gasteiger charge is 2.24. The Labute approximate surface area is 237 Å². The maximum absolute atomic E-state index is 13.3. The number of benzene rings is 3. The van der Waals surface area contributed by atoms with Gasteiger partial charge < -0.3 is 30.3 Å². The summed E-state index contributed by atoms with van der Waals surface area (Å²) in [6.07, 6.45) is 3.20. The van der Waals surface area contributed by atoms with Gasteiger partial charge in [-0.3, -0.25) is 4.79 Å². The van der Waals surface area contributed by atoms with Crippen LogP contribution in [0.5, 0.6) is 11.5 Å². The SMILES string of the molecule is COc1ccc(NC(=O)Nc2ccc(N3CCC(Cc4ccccc4)CC3)c(C(=O)NCC(C)C)c2)c(OC)c1. The van der Waals surface area contributed by atoms with Crippen molar-refractivity contribution in [2.75, 3.05) is 49.4 Å². The van der Waals surface area contributed by atoms with Crippen LogP contribution in [0.1, 0.15) is 42.6 Å². The van der Waals surface area contributed by atoms with E-state index in [-0.39, 0.29) is 5.91 Å². The van der Waals surface area contributed by atoms with Gasteiger partial charge in [-0.1, -0.05) is 44.2 Å². The minimum atomic E-state index is -0.438. The Hall–Kier alpha value is -4.20. The second-order valence-electron chi connectivity index (χ2n) is 10.6. The lowest BCUT2D eigenvalue weighted by Gasteiger charge is -2.35. The molecule has 3 N–H and O–H groups in total. The van der Waals surface area contributed by atoms with Crippen molar-refractivity contribution in [1.29, 1.82) is 0 Å². The fourth-order valence-corrected chi connectivity index (χ4v) is 4.98. The quantitative estimate of drug-likeness (QED) is 0.283. The molecule has 1 aliphatic rings. The van der Waals surface area contributed by atoms with E-state index in [4.69, 9.17) is 9.47 Å². The van der Waals surface area contributed by atoms with Crippen molar-refractivity contribution in [1.82, 2.24) is 5.32 Å². The molecule has 212 valence electrons. The first-order valence-electron chi connectivity index (χ1n) is 13.9. The maximum atomic E-state index is 13.3. The van der Waals surface area contributed by atoms with Crippen LogP contribution in [0.25, 0.3) is 0 Å². The van der Waals surface area contributed by atoms with Gasteiger partial charge >= 0.3 is 6.03 Å². The molecule has 4 rings (SSSR count). The monoisotopic (exact) mass is 544 g/mol. The molecule has 1 aliphatic heterocycles. The molecule has 0 unspecified atom stereocenters. The Morgan fingerprint density at radius 1 is 0.925 bits per heavy atom. The summed E-state index contributed by atoms with van der Waals surface area (Å²) < 4.78 is 10.6. The lowest BCUT2D eigenvalue weighted by molar-refractivity contribution is 0.0949. The van der Waals surface area contributed by atoms with E-state index >= 15 is 0 Å². The number of carbonyl (C=O) groups is 2. The third kappa shape index (κ3) is 7.68. The molecular weight excluding hydrogens is 504 g/mol. The van der Waals surface area contributed by atoms with Crippen molar-refractivity contribution in [3.8, 4) is 11.5 Å². The molecule has 40 heavy (non-hydrogen) atoms. The minimum absolute atomic E-state index is 0.143. The first-order chi connectivity index (χ1) is 19.4. The summed E-state index contributed by atoms with van der Waals surface area (Å²) in [5.74, 6) is 1.91. The molecule has 0 aliphatic carbocycles. The second kappa shape index (κ2) is 13.7. The van der Waals surface area contributed by atoms with Gasteiger partial charge in [0.1, 0.15) is 11.5 Å². The Kier molecular flexibility index (Phi) is 9.89. The van der Waals surface area contributed by atoms with Crippen LogP contribution < -0.4 is 30.3 Å². The molecule has 0 bridgehead atoms. The highest BCUT2D eigenvalue weighted by molar-refractivity contribution is 6.04. The summed E-state index contributed by atoms with van der Waals surface area (Å²) >= 11 is 0. The number of anilines is 3. The number of carbonyl (C=O) groups excluding carboxylic acids is 2. The van der Waals surface area contributed by atoms with Gasteiger partial charge in [-0.05, 0) is 67.0 Å². The number of piperidine rings is 1. The topological polar surface area (TPSA) is 91.9 Å². The van der Waals surface area contributed by atoms with Crippen molar-refractivity contribution < 1.29 is 19.1 Å². The highest BCUT2D eigenvalue weighted by Crippen LogP contribution is 2.31. The Bertz CT molecular complexity index is 1290. The van der Waals surface area contributed by atoms with E-state index < -0.39 is 6.03 Å². The minimum Gasteiger partial charge on any atom is -0.497 e. The number of nitrogens with zero attached hydrogens (tertiary/aromatic N) is 1. The van der Waals surface area contributed by atoms with Gasteiger partial charge in [0.2, 0.25) is 0 Å². The molecule has 0 saturated carbocycles. The summed E-state index contributed by atoms with van der Waals surface area (Å²) in [6, 6.07) is 20.9. The van der Waals surface area contributed by atoms with Crippen LogP contribution in [0.15, 0.2) is 66.7 Å². The van der Waals surface area contributed by atoms with Crippen LogP contribution in [-0.4, -0.2) is 45.8 Å². The van der Waals surface area contributed by atoms with Crippen molar-refractivity contribution in [2.24, 2.45) is 11.8 Å². The number of hydrogen-bond acceptors (Lipinski definition) is 5. The molecule has 8 heteroatoms. The number of nitrogens with one attached hydrogen (secondary N) is 3. The fraction of sp³-hybridized carbons (Fsp3) is 0.375. The summed E-state index contributed by atoms with van der Waals surface area (Å²) in [5, 5.41) is 8.71. The lowest BCUT2D eigenvalue weighted by Crippen LogP contribution is -2.36. The molecule has 3 aromatic carbocycles. The van der Waals surface area contributed by atoms with Crippen molar-refractivity contribution in [3.63, 3.8) is 0 Å². The largest absolute Gasteiger partial charge is 0.497 e. The van der Waals surface area contributed by atoms with Crippen LogP contribution in [0.2, 0.25) is 0 Å². The fourth-order valence-electron chi connectivity index (χ4n) is 4.98. The number of amides is 3. The number of rotatable bonds is 10. The molecule has 1 heterocycles. The number of urea groups is 1. The molecule has 0 aromatic heterocycles. The van der Waals surface area contributed by atoms with E-state index in [1.807, 2.05) is 12.1 Å². The van der Waals surface area contributed by atoms with Gasteiger partial charge in [0.05, 0.1) is 25.5 Å². The number of methoxy groups -OCH3 is 2. The van der Waals surface area contributed by atoms with E-state index in [0.29, 0.717) is 46.8 Å². The average Bonchev–Trinajstić information content (AvgIpc) is 2.97. The van der Waals surface area contributed by atoms with Gasteiger partial charge in [-0.25, -0.2) is 4.79 Å². The molecular formula is C32H40N4O4. The number of hydrogen-bond donors (Lipinski definition) is 3. The summed E-state index contributed by atoms with van der Waals surface area (Å²) in [7, 11) is 3.10. The van der Waals surface area contributed by atoms with Crippen molar-refractivity contribution in [2.45, 2.75) is 33.1 Å². The predicted octanol–water partition coefficient (Wildman–Crippen LogP) is 6.19.